The number of rotatable bonds is 27. The van der Waals surface area contributed by atoms with E-state index in [1.807, 2.05) is 66.8 Å². The fourth-order valence-corrected chi connectivity index (χ4v) is 5.79. The van der Waals surface area contributed by atoms with E-state index in [0.29, 0.717) is 19.3 Å². The van der Waals surface area contributed by atoms with Gasteiger partial charge in [-0.15, -0.1) is 0 Å². The molecular weight excluding hydrogens is 707 g/mol. The molecule has 0 aromatic rings. The molecule has 1 saturated carbocycles. The summed E-state index contributed by atoms with van der Waals surface area (Å²) >= 11 is 0. The SMILES string of the molecule is CC/C=C/C=C/C=C/C=C/C=C/CCCC(=O)OC(COC(=O)CCCCC/C=C/C=C/CCCC)COP(=O)(O)OC1C(O)C(O)C(O)[C@@H](O)C1O. The van der Waals surface area contributed by atoms with Gasteiger partial charge in [0.25, 0.3) is 0 Å². The van der Waals surface area contributed by atoms with Crippen LogP contribution in [0.15, 0.2) is 85.1 Å². The average Bonchev–Trinajstić information content (AvgIpc) is 3.13. The van der Waals surface area contributed by atoms with E-state index < -0.39 is 75.7 Å². The Hall–Kier alpha value is -2.97. The summed E-state index contributed by atoms with van der Waals surface area (Å²) in [6.07, 6.45) is 22.6. The van der Waals surface area contributed by atoms with Crippen molar-refractivity contribution in [2.45, 2.75) is 134 Å². The molecule has 0 aromatic carbocycles. The van der Waals surface area contributed by atoms with Crippen molar-refractivity contribution >= 4 is 19.8 Å². The van der Waals surface area contributed by atoms with E-state index >= 15 is 0 Å². The van der Waals surface area contributed by atoms with Crippen LogP contribution in [0.4, 0.5) is 0 Å². The molecule has 1 fully saturated rings. The number of ether oxygens (including phenoxy) is 2. The van der Waals surface area contributed by atoms with Gasteiger partial charge in [0, 0.05) is 12.8 Å². The Balaban J connectivity index is 2.66. The Kier molecular flexibility index (Phi) is 26.7. The van der Waals surface area contributed by atoms with Crippen molar-refractivity contribution in [3.8, 4) is 0 Å². The molecule has 0 aliphatic heterocycles. The van der Waals surface area contributed by atoms with Crippen LogP contribution in [0.2, 0.25) is 0 Å². The zero-order valence-corrected chi connectivity index (χ0v) is 31.9. The summed E-state index contributed by atoms with van der Waals surface area (Å²) in [7, 11) is -5.14. The molecule has 0 bridgehead atoms. The van der Waals surface area contributed by atoms with Gasteiger partial charge in [-0.2, -0.15) is 0 Å². The highest BCUT2D eigenvalue weighted by atomic mass is 31.2. The lowest BCUT2D eigenvalue weighted by Gasteiger charge is -2.41. The quantitative estimate of drug-likeness (QED) is 0.0269. The predicted molar refractivity (Wildman–Crippen MR) is 202 cm³/mol. The van der Waals surface area contributed by atoms with Crippen LogP contribution >= 0.6 is 7.82 Å². The summed E-state index contributed by atoms with van der Waals surface area (Å²) in [5.74, 6) is -1.23. The van der Waals surface area contributed by atoms with Gasteiger partial charge in [-0.05, 0) is 44.9 Å². The molecular formula is C39H61O13P. The lowest BCUT2D eigenvalue weighted by atomic mass is 9.85. The number of carbonyl (C=O) groups excluding carboxylic acids is 2. The predicted octanol–water partition coefficient (Wildman–Crippen LogP) is 5.38. The first kappa shape index (κ1) is 48.0. The van der Waals surface area contributed by atoms with Gasteiger partial charge in [0.2, 0.25) is 0 Å². The number of carbonyl (C=O) groups is 2. The van der Waals surface area contributed by atoms with E-state index in [0.717, 1.165) is 38.5 Å². The molecule has 13 nitrogen and oxygen atoms in total. The van der Waals surface area contributed by atoms with Gasteiger partial charge in [0.1, 0.15) is 43.2 Å². The van der Waals surface area contributed by atoms with Crippen molar-refractivity contribution < 1.29 is 63.1 Å². The molecule has 7 unspecified atom stereocenters. The first-order chi connectivity index (χ1) is 25.4. The number of esters is 2. The number of allylic oxidation sites excluding steroid dienone is 14. The molecule has 14 heteroatoms. The maximum Gasteiger partial charge on any atom is 0.472 e. The minimum absolute atomic E-state index is 0.0106. The topological polar surface area (TPSA) is 210 Å². The number of phosphoric ester groups is 1. The summed E-state index contributed by atoms with van der Waals surface area (Å²) in [5, 5.41) is 49.9. The molecule has 0 saturated heterocycles. The molecule has 53 heavy (non-hydrogen) atoms. The standard InChI is InChI=1S/C39H61O13P/c1-3-5-7-9-11-13-15-16-18-20-22-24-26-28-33(41)51-31(29-49-32(40)27-25-23-21-19-17-14-12-10-8-6-4-2)30-50-53(47,48)52-39-37(45)35(43)34(42)36(44)38(39)46/h5,7,9-18,20,22,31,34-39,42-46H,3-4,6,8,19,21,23-30H2,1-2H3,(H,47,48)/b7-5+,11-9+,12-10+,15-13+,17-14+,18-16+,22-20+/t31?,34?,35-,36?,37?,38?,39?/m1/s1. The van der Waals surface area contributed by atoms with Crippen LogP contribution in [0.1, 0.15) is 90.9 Å². The van der Waals surface area contributed by atoms with E-state index in [-0.39, 0.29) is 12.8 Å². The first-order valence-corrected chi connectivity index (χ1v) is 20.0. The average molecular weight is 769 g/mol. The fraction of sp³-hybridized carbons (Fsp3) is 0.590. The van der Waals surface area contributed by atoms with Gasteiger partial charge in [0.15, 0.2) is 6.10 Å². The van der Waals surface area contributed by atoms with Gasteiger partial charge in [0.05, 0.1) is 6.61 Å². The largest absolute Gasteiger partial charge is 0.472 e. The molecule has 0 aromatic heterocycles. The summed E-state index contributed by atoms with van der Waals surface area (Å²) in [6.45, 7) is 2.95. The smallest absolute Gasteiger partial charge is 0.462 e. The van der Waals surface area contributed by atoms with E-state index in [2.05, 4.69) is 32.1 Å². The van der Waals surface area contributed by atoms with Crippen molar-refractivity contribution in [1.29, 1.82) is 0 Å². The van der Waals surface area contributed by atoms with E-state index in [1.165, 1.54) is 6.42 Å². The van der Waals surface area contributed by atoms with Gasteiger partial charge >= 0.3 is 19.8 Å². The maximum atomic E-state index is 12.7. The highest BCUT2D eigenvalue weighted by Gasteiger charge is 2.51. The fourth-order valence-electron chi connectivity index (χ4n) is 4.82. The minimum atomic E-state index is -5.14. The Bertz CT molecular complexity index is 1260. The summed E-state index contributed by atoms with van der Waals surface area (Å²) in [6, 6.07) is 0. The van der Waals surface area contributed by atoms with Crippen molar-refractivity contribution in [2.24, 2.45) is 0 Å². The molecule has 0 radical (unpaired) electrons. The lowest BCUT2D eigenvalue weighted by Crippen LogP contribution is -2.64. The van der Waals surface area contributed by atoms with Gasteiger partial charge in [-0.1, -0.05) is 118 Å². The highest BCUT2D eigenvalue weighted by Crippen LogP contribution is 2.47. The third-order valence-electron chi connectivity index (χ3n) is 7.88. The third-order valence-corrected chi connectivity index (χ3v) is 8.86. The zero-order chi connectivity index (χ0) is 39.3. The van der Waals surface area contributed by atoms with Crippen LogP contribution in [0, 0.1) is 0 Å². The van der Waals surface area contributed by atoms with Gasteiger partial charge < -0.3 is 39.9 Å². The van der Waals surface area contributed by atoms with Gasteiger partial charge in [-0.25, -0.2) is 4.57 Å². The summed E-state index contributed by atoms with van der Waals surface area (Å²) < 4.78 is 33.1. The molecule has 8 atom stereocenters. The summed E-state index contributed by atoms with van der Waals surface area (Å²) in [5.41, 5.74) is 0. The second kappa shape index (κ2) is 29.4. The third kappa shape index (κ3) is 22.8. The number of aliphatic hydroxyl groups excluding tert-OH is 5. The summed E-state index contributed by atoms with van der Waals surface area (Å²) in [4.78, 5) is 35.3. The molecule has 6 N–H and O–H groups in total. The Labute approximate surface area is 314 Å². The van der Waals surface area contributed by atoms with E-state index in [4.69, 9.17) is 18.5 Å². The number of aliphatic hydroxyl groups is 5. The number of phosphoric acid groups is 1. The normalized spacial score (nSPS) is 24.5. The van der Waals surface area contributed by atoms with Crippen molar-refractivity contribution in [1.82, 2.24) is 0 Å². The van der Waals surface area contributed by atoms with Crippen LogP contribution in [-0.4, -0.2) is 98.3 Å². The van der Waals surface area contributed by atoms with Gasteiger partial charge in [-0.3, -0.25) is 18.6 Å². The first-order valence-electron chi connectivity index (χ1n) is 18.5. The Morgan fingerprint density at radius 3 is 1.68 bits per heavy atom. The van der Waals surface area contributed by atoms with Crippen LogP contribution < -0.4 is 0 Å². The molecule has 1 aliphatic carbocycles. The van der Waals surface area contributed by atoms with Crippen molar-refractivity contribution in [3.63, 3.8) is 0 Å². The van der Waals surface area contributed by atoms with Crippen molar-refractivity contribution in [3.05, 3.63) is 85.1 Å². The van der Waals surface area contributed by atoms with Crippen LogP contribution in [-0.2, 0) is 32.7 Å². The van der Waals surface area contributed by atoms with Crippen LogP contribution in [0.25, 0.3) is 0 Å². The monoisotopic (exact) mass is 768 g/mol. The van der Waals surface area contributed by atoms with E-state index in [9.17, 15) is 44.6 Å². The number of hydrogen-bond donors (Lipinski definition) is 6. The van der Waals surface area contributed by atoms with Crippen molar-refractivity contribution in [2.75, 3.05) is 13.2 Å². The maximum absolute atomic E-state index is 12.7. The van der Waals surface area contributed by atoms with Crippen LogP contribution in [0.5, 0.6) is 0 Å². The molecule has 1 rings (SSSR count). The minimum Gasteiger partial charge on any atom is -0.462 e. The second-order valence-electron chi connectivity index (χ2n) is 12.5. The number of unbranched alkanes of at least 4 members (excludes halogenated alkanes) is 6. The molecule has 300 valence electrons. The van der Waals surface area contributed by atoms with Crippen LogP contribution in [0.3, 0.4) is 0 Å². The lowest BCUT2D eigenvalue weighted by molar-refractivity contribution is -0.220. The number of hydrogen-bond acceptors (Lipinski definition) is 12. The molecule has 0 spiro atoms. The zero-order valence-electron chi connectivity index (χ0n) is 31.0. The highest BCUT2D eigenvalue weighted by molar-refractivity contribution is 7.47. The van der Waals surface area contributed by atoms with E-state index in [1.54, 1.807) is 0 Å². The Morgan fingerprint density at radius 1 is 0.604 bits per heavy atom. The molecule has 1 aliphatic rings. The molecule has 0 amide bonds. The molecule has 0 heterocycles. The Morgan fingerprint density at radius 2 is 1.09 bits per heavy atom. The second-order valence-corrected chi connectivity index (χ2v) is 13.9.